The van der Waals surface area contributed by atoms with E-state index in [0.717, 1.165) is 5.56 Å². The molecule has 0 unspecified atom stereocenters. The van der Waals surface area contributed by atoms with Gasteiger partial charge in [0.1, 0.15) is 0 Å². The molecule has 7 heteroatoms. The summed E-state index contributed by atoms with van der Waals surface area (Å²) in [5, 5.41) is 0. The van der Waals surface area contributed by atoms with Crippen molar-refractivity contribution in [1.29, 1.82) is 0 Å². The quantitative estimate of drug-likeness (QED) is 0.398. The molecule has 30 heavy (non-hydrogen) atoms. The highest BCUT2D eigenvalue weighted by Gasteiger charge is 2.13. The van der Waals surface area contributed by atoms with Gasteiger partial charge in [0.2, 0.25) is 0 Å². The van der Waals surface area contributed by atoms with Crippen LogP contribution in [0.3, 0.4) is 0 Å². The summed E-state index contributed by atoms with van der Waals surface area (Å²) in [6, 6.07) is 12.4. The fourth-order valence-electron chi connectivity index (χ4n) is 3.08. The fraction of sp³-hybridized carbons (Fsp3) is 0.261. The summed E-state index contributed by atoms with van der Waals surface area (Å²) in [7, 11) is 3.08. The van der Waals surface area contributed by atoms with Crippen LogP contribution in [0.5, 0.6) is 11.5 Å². The molecule has 156 valence electrons. The molecule has 7 nitrogen and oxygen atoms in total. The van der Waals surface area contributed by atoms with E-state index in [1.807, 2.05) is 22.9 Å². The molecular weight excluding hydrogens is 384 g/mol. The molecule has 0 radical (unpaired) electrons. The zero-order chi connectivity index (χ0) is 21.5. The van der Waals surface area contributed by atoms with Crippen LogP contribution in [0.2, 0.25) is 0 Å². The number of ketones is 1. The van der Waals surface area contributed by atoms with Crippen LogP contribution in [0.4, 0.5) is 0 Å². The third-order valence-electron chi connectivity index (χ3n) is 4.54. The molecule has 0 aliphatic heterocycles. The van der Waals surface area contributed by atoms with Crippen LogP contribution in [0.15, 0.2) is 55.0 Å². The summed E-state index contributed by atoms with van der Waals surface area (Å²) in [6.45, 7) is 2.64. The van der Waals surface area contributed by atoms with E-state index in [-0.39, 0.29) is 18.2 Å². The molecule has 0 N–H and O–H groups in total. The lowest BCUT2D eigenvalue weighted by molar-refractivity contribution is 0.0526. The number of carbonyl (C=O) groups is 2. The average molecular weight is 408 g/mol. The number of ether oxygens (including phenoxy) is 3. The van der Waals surface area contributed by atoms with Crippen molar-refractivity contribution in [2.45, 2.75) is 19.9 Å². The number of esters is 1. The van der Waals surface area contributed by atoms with Gasteiger partial charge in [-0.25, -0.2) is 9.78 Å². The standard InChI is InChI=1S/C23H24N2O5/c1-4-30-23(27)18-7-5-6-16(10-18)13-25-14-19(24-15-25)12-20(26)17-8-9-21(28-2)22(11-17)29-3/h5-11,14-15H,4,12-13H2,1-3H3. The lowest BCUT2D eigenvalue weighted by Gasteiger charge is -2.08. The molecule has 0 amide bonds. The zero-order valence-electron chi connectivity index (χ0n) is 17.3. The first-order valence-electron chi connectivity index (χ1n) is 9.56. The Labute approximate surface area is 175 Å². The lowest BCUT2D eigenvalue weighted by atomic mass is 10.1. The fourth-order valence-corrected chi connectivity index (χ4v) is 3.08. The van der Waals surface area contributed by atoms with Crippen molar-refractivity contribution >= 4 is 11.8 Å². The highest BCUT2D eigenvalue weighted by atomic mass is 16.5. The molecule has 0 aliphatic rings. The van der Waals surface area contributed by atoms with Gasteiger partial charge in [0.05, 0.1) is 44.8 Å². The van der Waals surface area contributed by atoms with Crippen LogP contribution in [0.25, 0.3) is 0 Å². The van der Waals surface area contributed by atoms with Gasteiger partial charge in [-0.3, -0.25) is 4.79 Å². The SMILES string of the molecule is CCOC(=O)c1cccc(Cn2cnc(CC(=O)c3ccc(OC)c(OC)c3)c2)c1. The van der Waals surface area contributed by atoms with Crippen LogP contribution in [-0.2, 0) is 17.7 Å². The monoisotopic (exact) mass is 408 g/mol. The minimum absolute atomic E-state index is 0.0643. The number of nitrogens with zero attached hydrogens (tertiary/aromatic N) is 2. The second kappa shape index (κ2) is 9.73. The van der Waals surface area contributed by atoms with Crippen LogP contribution in [0.1, 0.15) is 38.9 Å². The van der Waals surface area contributed by atoms with Crippen molar-refractivity contribution < 1.29 is 23.8 Å². The van der Waals surface area contributed by atoms with Crippen molar-refractivity contribution in [3.05, 3.63) is 77.4 Å². The molecule has 0 saturated carbocycles. The van der Waals surface area contributed by atoms with Gasteiger partial charge in [0.25, 0.3) is 0 Å². The van der Waals surface area contributed by atoms with Crippen LogP contribution in [0, 0.1) is 0 Å². The summed E-state index contributed by atoms with van der Waals surface area (Å²) in [5.41, 5.74) is 2.65. The van der Waals surface area contributed by atoms with E-state index in [2.05, 4.69) is 4.98 Å². The molecule has 0 saturated heterocycles. The van der Waals surface area contributed by atoms with Crippen molar-refractivity contribution in [2.24, 2.45) is 0 Å². The maximum absolute atomic E-state index is 12.6. The molecule has 0 bridgehead atoms. The summed E-state index contributed by atoms with van der Waals surface area (Å²) < 4.78 is 17.4. The minimum Gasteiger partial charge on any atom is -0.493 e. The topological polar surface area (TPSA) is 79.7 Å². The van der Waals surface area contributed by atoms with E-state index in [1.165, 1.54) is 7.11 Å². The van der Waals surface area contributed by atoms with E-state index >= 15 is 0 Å². The second-order valence-corrected chi connectivity index (χ2v) is 6.63. The molecule has 0 atom stereocenters. The van der Waals surface area contributed by atoms with Gasteiger partial charge in [-0.05, 0) is 42.8 Å². The molecule has 0 spiro atoms. The van der Waals surface area contributed by atoms with Gasteiger partial charge >= 0.3 is 5.97 Å². The average Bonchev–Trinajstić information content (AvgIpc) is 3.20. The first kappa shape index (κ1) is 21.1. The van der Waals surface area contributed by atoms with Crippen molar-refractivity contribution in [1.82, 2.24) is 9.55 Å². The van der Waals surface area contributed by atoms with Gasteiger partial charge in [-0.1, -0.05) is 12.1 Å². The summed E-state index contributed by atoms with van der Waals surface area (Å²) in [4.78, 5) is 28.9. The Kier molecular flexibility index (Phi) is 6.85. The number of methoxy groups -OCH3 is 2. The number of rotatable bonds is 9. The van der Waals surface area contributed by atoms with E-state index in [0.29, 0.717) is 41.5 Å². The molecule has 1 aromatic heterocycles. The molecule has 2 aromatic carbocycles. The normalized spacial score (nSPS) is 10.5. The number of hydrogen-bond donors (Lipinski definition) is 0. The number of benzene rings is 2. The Morgan fingerprint density at radius 2 is 1.80 bits per heavy atom. The maximum Gasteiger partial charge on any atom is 0.338 e. The van der Waals surface area contributed by atoms with Crippen molar-refractivity contribution in [3.8, 4) is 11.5 Å². The molecule has 3 aromatic rings. The van der Waals surface area contributed by atoms with E-state index in [1.54, 1.807) is 50.7 Å². The first-order chi connectivity index (χ1) is 14.5. The summed E-state index contributed by atoms with van der Waals surface area (Å²) in [6.07, 6.45) is 3.68. The van der Waals surface area contributed by atoms with Gasteiger partial charge in [-0.15, -0.1) is 0 Å². The molecular formula is C23H24N2O5. The Balaban J connectivity index is 1.68. The number of carbonyl (C=O) groups excluding carboxylic acids is 2. The molecule has 3 rings (SSSR count). The van der Waals surface area contributed by atoms with Crippen molar-refractivity contribution in [3.63, 3.8) is 0 Å². The van der Waals surface area contributed by atoms with Crippen molar-refractivity contribution in [2.75, 3.05) is 20.8 Å². The third kappa shape index (κ3) is 5.05. The molecule has 1 heterocycles. The van der Waals surface area contributed by atoms with Crippen LogP contribution >= 0.6 is 0 Å². The highest BCUT2D eigenvalue weighted by Crippen LogP contribution is 2.28. The number of aromatic nitrogens is 2. The first-order valence-corrected chi connectivity index (χ1v) is 9.56. The van der Waals surface area contributed by atoms with E-state index in [9.17, 15) is 9.59 Å². The van der Waals surface area contributed by atoms with Gasteiger partial charge in [0.15, 0.2) is 17.3 Å². The van der Waals surface area contributed by atoms with E-state index < -0.39 is 0 Å². The lowest BCUT2D eigenvalue weighted by Crippen LogP contribution is -2.06. The summed E-state index contributed by atoms with van der Waals surface area (Å²) >= 11 is 0. The zero-order valence-corrected chi connectivity index (χ0v) is 17.3. The Morgan fingerprint density at radius 3 is 2.53 bits per heavy atom. The number of Topliss-reactive ketones (excluding diaryl/α,β-unsaturated/α-hetero) is 1. The van der Waals surface area contributed by atoms with Gasteiger partial charge in [-0.2, -0.15) is 0 Å². The number of imidazole rings is 1. The number of hydrogen-bond acceptors (Lipinski definition) is 6. The third-order valence-corrected chi connectivity index (χ3v) is 4.54. The predicted molar refractivity (Wildman–Crippen MR) is 111 cm³/mol. The van der Waals surface area contributed by atoms with Crippen LogP contribution < -0.4 is 9.47 Å². The van der Waals surface area contributed by atoms with Gasteiger partial charge in [0, 0.05) is 18.3 Å². The minimum atomic E-state index is -0.341. The Bertz CT molecular complexity index is 1040. The Hall–Kier alpha value is -3.61. The predicted octanol–water partition coefficient (Wildman–Crippen LogP) is 3.55. The highest BCUT2D eigenvalue weighted by molar-refractivity contribution is 5.97. The molecule has 0 aliphatic carbocycles. The molecule has 0 fully saturated rings. The largest absolute Gasteiger partial charge is 0.493 e. The second-order valence-electron chi connectivity index (χ2n) is 6.63. The van der Waals surface area contributed by atoms with Crippen LogP contribution in [-0.4, -0.2) is 42.1 Å². The maximum atomic E-state index is 12.6. The smallest absolute Gasteiger partial charge is 0.338 e. The van der Waals surface area contributed by atoms with Gasteiger partial charge < -0.3 is 18.8 Å². The Morgan fingerprint density at radius 1 is 1.00 bits per heavy atom. The van der Waals surface area contributed by atoms with E-state index in [4.69, 9.17) is 14.2 Å². The summed E-state index contributed by atoms with van der Waals surface area (Å²) in [5.74, 6) is 0.676.